The normalized spacial score (nSPS) is 17.0. The number of hydrogen-bond acceptors (Lipinski definition) is 4. The number of sulfonamides is 1. The van der Waals surface area contributed by atoms with E-state index in [0.717, 1.165) is 16.7 Å². The fourth-order valence-corrected chi connectivity index (χ4v) is 2.90. The summed E-state index contributed by atoms with van der Waals surface area (Å²) in [5.41, 5.74) is 0.900. The van der Waals surface area contributed by atoms with Crippen molar-refractivity contribution in [2.24, 2.45) is 0 Å². The summed E-state index contributed by atoms with van der Waals surface area (Å²) in [6.45, 7) is 1.84. The van der Waals surface area contributed by atoms with Gasteiger partial charge in [-0.2, -0.15) is 0 Å². The SMILES string of the molecule is CC(NC(=O)N1CCN(S(C)(=O)=O)C1=O)c1ccccc1. The number of carbonyl (C=O) groups is 2. The maximum absolute atomic E-state index is 12.1. The fraction of sp³-hybridized carbons (Fsp3) is 0.385. The highest BCUT2D eigenvalue weighted by Gasteiger charge is 2.38. The van der Waals surface area contributed by atoms with Crippen molar-refractivity contribution in [3.05, 3.63) is 35.9 Å². The predicted octanol–water partition coefficient (Wildman–Crippen LogP) is 1.15. The molecule has 1 aliphatic heterocycles. The molecule has 0 saturated carbocycles. The fourth-order valence-electron chi connectivity index (χ4n) is 2.10. The number of nitrogens with zero attached hydrogens (tertiary/aromatic N) is 2. The Hall–Kier alpha value is -2.09. The second-order valence-electron chi connectivity index (χ2n) is 4.85. The number of benzene rings is 1. The number of imide groups is 1. The van der Waals surface area contributed by atoms with Gasteiger partial charge >= 0.3 is 12.1 Å². The Morgan fingerprint density at radius 2 is 1.86 bits per heavy atom. The van der Waals surface area contributed by atoms with Gasteiger partial charge in [0.2, 0.25) is 10.0 Å². The first-order valence-corrected chi connectivity index (χ1v) is 8.30. The van der Waals surface area contributed by atoms with E-state index in [1.165, 1.54) is 0 Å². The molecule has 7 nitrogen and oxygen atoms in total. The van der Waals surface area contributed by atoms with Crippen LogP contribution in [-0.4, -0.2) is 49.0 Å². The van der Waals surface area contributed by atoms with E-state index in [1.807, 2.05) is 30.3 Å². The summed E-state index contributed by atoms with van der Waals surface area (Å²) in [7, 11) is -3.64. The van der Waals surface area contributed by atoms with Crippen molar-refractivity contribution in [1.82, 2.24) is 14.5 Å². The molecule has 0 spiro atoms. The van der Waals surface area contributed by atoms with Crippen LogP contribution in [0.2, 0.25) is 0 Å². The van der Waals surface area contributed by atoms with Gasteiger partial charge in [0, 0.05) is 0 Å². The highest BCUT2D eigenvalue weighted by molar-refractivity contribution is 7.88. The van der Waals surface area contributed by atoms with Crippen LogP contribution in [0.3, 0.4) is 0 Å². The average Bonchev–Trinajstić information content (AvgIpc) is 2.81. The van der Waals surface area contributed by atoms with Crippen LogP contribution >= 0.6 is 0 Å². The van der Waals surface area contributed by atoms with Crippen LogP contribution in [0, 0.1) is 0 Å². The lowest BCUT2D eigenvalue weighted by Crippen LogP contribution is -2.44. The molecule has 1 N–H and O–H groups in total. The van der Waals surface area contributed by atoms with E-state index in [0.29, 0.717) is 4.31 Å². The van der Waals surface area contributed by atoms with Gasteiger partial charge in [-0.25, -0.2) is 27.2 Å². The van der Waals surface area contributed by atoms with Crippen molar-refractivity contribution in [3.8, 4) is 0 Å². The van der Waals surface area contributed by atoms with E-state index in [1.54, 1.807) is 6.92 Å². The monoisotopic (exact) mass is 311 g/mol. The minimum absolute atomic E-state index is 0.00912. The molecule has 1 saturated heterocycles. The van der Waals surface area contributed by atoms with E-state index in [-0.39, 0.29) is 19.1 Å². The van der Waals surface area contributed by atoms with Gasteiger partial charge in [-0.1, -0.05) is 30.3 Å². The molecular formula is C13H17N3O4S. The van der Waals surface area contributed by atoms with E-state index < -0.39 is 22.1 Å². The van der Waals surface area contributed by atoms with Crippen molar-refractivity contribution in [2.45, 2.75) is 13.0 Å². The van der Waals surface area contributed by atoms with E-state index in [4.69, 9.17) is 0 Å². The van der Waals surface area contributed by atoms with Gasteiger partial charge in [0.25, 0.3) is 0 Å². The Bertz CT molecular complexity index is 645. The van der Waals surface area contributed by atoms with Crippen molar-refractivity contribution < 1.29 is 18.0 Å². The summed E-state index contributed by atoms with van der Waals surface area (Å²) in [5, 5.41) is 2.69. The molecule has 0 aromatic heterocycles. The molecule has 0 radical (unpaired) electrons. The van der Waals surface area contributed by atoms with Crippen LogP contribution in [0.4, 0.5) is 9.59 Å². The number of rotatable bonds is 3. The minimum atomic E-state index is -3.64. The zero-order valence-corrected chi connectivity index (χ0v) is 12.6. The largest absolute Gasteiger partial charge is 0.341 e. The summed E-state index contributed by atoms with van der Waals surface area (Å²) in [5.74, 6) is 0. The number of nitrogens with one attached hydrogen (secondary N) is 1. The molecule has 114 valence electrons. The molecule has 1 fully saturated rings. The molecule has 2 rings (SSSR count). The summed E-state index contributed by atoms with van der Waals surface area (Å²) < 4.78 is 23.5. The molecule has 1 aromatic rings. The summed E-state index contributed by atoms with van der Waals surface area (Å²) in [6.07, 6.45) is 0.943. The first-order chi connectivity index (χ1) is 9.80. The van der Waals surface area contributed by atoms with Gasteiger partial charge < -0.3 is 5.32 Å². The molecule has 4 amide bonds. The third-order valence-electron chi connectivity index (χ3n) is 3.26. The second-order valence-corrected chi connectivity index (χ2v) is 6.76. The Kier molecular flexibility index (Phi) is 4.17. The number of urea groups is 2. The summed E-state index contributed by atoms with van der Waals surface area (Å²) in [6, 6.07) is 7.61. The van der Waals surface area contributed by atoms with Crippen LogP contribution in [0.5, 0.6) is 0 Å². The molecule has 1 unspecified atom stereocenters. The predicted molar refractivity (Wildman–Crippen MR) is 77.0 cm³/mol. The standard InChI is InChI=1S/C13H17N3O4S/c1-10(11-6-4-3-5-7-11)14-12(17)15-8-9-16(13(15)18)21(2,19)20/h3-7,10H,8-9H2,1-2H3,(H,14,17). The van der Waals surface area contributed by atoms with E-state index in [2.05, 4.69) is 5.32 Å². The average molecular weight is 311 g/mol. The molecule has 0 bridgehead atoms. The number of hydrogen-bond donors (Lipinski definition) is 1. The Morgan fingerprint density at radius 1 is 1.24 bits per heavy atom. The highest BCUT2D eigenvalue weighted by Crippen LogP contribution is 2.15. The van der Waals surface area contributed by atoms with Gasteiger partial charge in [0.15, 0.2) is 0 Å². The lowest BCUT2D eigenvalue weighted by atomic mass is 10.1. The summed E-state index contributed by atoms with van der Waals surface area (Å²) >= 11 is 0. The lowest BCUT2D eigenvalue weighted by Gasteiger charge is -2.20. The van der Waals surface area contributed by atoms with Gasteiger partial charge in [-0.05, 0) is 12.5 Å². The Labute approximate surface area is 123 Å². The lowest BCUT2D eigenvalue weighted by molar-refractivity contribution is 0.192. The van der Waals surface area contributed by atoms with Crippen molar-refractivity contribution in [2.75, 3.05) is 19.3 Å². The zero-order valence-electron chi connectivity index (χ0n) is 11.8. The third-order valence-corrected chi connectivity index (χ3v) is 4.40. The minimum Gasteiger partial charge on any atom is -0.331 e. The molecule has 1 aromatic carbocycles. The van der Waals surface area contributed by atoms with Crippen LogP contribution in [-0.2, 0) is 10.0 Å². The smallest absolute Gasteiger partial charge is 0.331 e. The molecule has 8 heteroatoms. The number of amides is 4. The third kappa shape index (κ3) is 3.33. The quantitative estimate of drug-likeness (QED) is 0.907. The molecular weight excluding hydrogens is 294 g/mol. The Morgan fingerprint density at radius 3 is 2.38 bits per heavy atom. The van der Waals surface area contributed by atoms with Crippen molar-refractivity contribution >= 4 is 22.1 Å². The number of carbonyl (C=O) groups excluding carboxylic acids is 2. The van der Waals surface area contributed by atoms with E-state index >= 15 is 0 Å². The van der Waals surface area contributed by atoms with Crippen molar-refractivity contribution in [1.29, 1.82) is 0 Å². The molecule has 1 atom stereocenters. The van der Waals surface area contributed by atoms with Gasteiger partial charge in [0.1, 0.15) is 0 Å². The highest BCUT2D eigenvalue weighted by atomic mass is 32.2. The van der Waals surface area contributed by atoms with Crippen LogP contribution < -0.4 is 5.32 Å². The van der Waals surface area contributed by atoms with Crippen LogP contribution in [0.15, 0.2) is 30.3 Å². The topological polar surface area (TPSA) is 86.8 Å². The molecule has 1 heterocycles. The first kappa shape index (κ1) is 15.3. The second kappa shape index (κ2) is 5.72. The maximum Gasteiger partial charge on any atom is 0.341 e. The molecule has 0 aliphatic carbocycles. The van der Waals surface area contributed by atoms with Crippen LogP contribution in [0.1, 0.15) is 18.5 Å². The van der Waals surface area contributed by atoms with Gasteiger partial charge in [-0.3, -0.25) is 0 Å². The zero-order chi connectivity index (χ0) is 15.6. The van der Waals surface area contributed by atoms with Crippen LogP contribution in [0.25, 0.3) is 0 Å². The molecule has 21 heavy (non-hydrogen) atoms. The summed E-state index contributed by atoms with van der Waals surface area (Å²) in [4.78, 5) is 24.9. The van der Waals surface area contributed by atoms with E-state index in [9.17, 15) is 18.0 Å². The molecule has 1 aliphatic rings. The van der Waals surface area contributed by atoms with Gasteiger partial charge in [0.05, 0.1) is 25.4 Å². The maximum atomic E-state index is 12.1. The van der Waals surface area contributed by atoms with Crippen molar-refractivity contribution in [3.63, 3.8) is 0 Å². The first-order valence-electron chi connectivity index (χ1n) is 6.45. The Balaban J connectivity index is 2.04. The van der Waals surface area contributed by atoms with Gasteiger partial charge in [-0.15, -0.1) is 0 Å².